The Bertz CT molecular complexity index is 1090. The number of carbonyl (C=O) groups excluding carboxylic acids is 1. The smallest absolute Gasteiger partial charge is 0.230 e. The predicted molar refractivity (Wildman–Crippen MR) is 132 cm³/mol. The number of nitrogens with one attached hydrogen (secondary N) is 1. The second-order valence-electron chi connectivity index (χ2n) is 8.12. The number of allylic oxidation sites excluding steroid dienone is 1. The largest absolute Gasteiger partial charge is 0.485 e. The molecule has 0 aliphatic heterocycles. The highest BCUT2D eigenvalue weighted by Gasteiger charge is 2.17. The summed E-state index contributed by atoms with van der Waals surface area (Å²) in [7, 11) is 0. The van der Waals surface area contributed by atoms with E-state index >= 15 is 0 Å². The number of hydrogen-bond acceptors (Lipinski definition) is 5. The molecule has 1 aromatic heterocycles. The van der Waals surface area contributed by atoms with Crippen LogP contribution in [0, 0.1) is 6.92 Å². The second-order valence-corrected chi connectivity index (χ2v) is 9.06. The molecule has 0 fully saturated rings. The van der Waals surface area contributed by atoms with Gasteiger partial charge < -0.3 is 10.1 Å². The molecule has 0 unspecified atom stereocenters. The van der Waals surface area contributed by atoms with Crippen molar-refractivity contribution in [2.45, 2.75) is 50.8 Å². The van der Waals surface area contributed by atoms with E-state index in [0.29, 0.717) is 23.3 Å². The summed E-state index contributed by atoms with van der Waals surface area (Å²) in [5.74, 6) is 1.82. The Kier molecular flexibility index (Phi) is 8.19. The quantitative estimate of drug-likeness (QED) is 0.329. The summed E-state index contributed by atoms with van der Waals surface area (Å²) in [5.41, 5.74) is 3.48. The molecule has 4 rings (SSSR count). The van der Waals surface area contributed by atoms with Crippen LogP contribution in [0.1, 0.15) is 43.5 Å². The minimum Gasteiger partial charge on any atom is -0.485 e. The highest BCUT2D eigenvalue weighted by Crippen LogP contribution is 2.24. The van der Waals surface area contributed by atoms with Gasteiger partial charge in [-0.1, -0.05) is 59.8 Å². The lowest BCUT2D eigenvalue weighted by atomic mass is 9.97. The minimum absolute atomic E-state index is 0.0109. The maximum absolute atomic E-state index is 12.4. The fourth-order valence-electron chi connectivity index (χ4n) is 3.86. The molecule has 0 radical (unpaired) electrons. The molecule has 7 heteroatoms. The highest BCUT2D eigenvalue weighted by atomic mass is 32.2. The molecule has 1 aliphatic rings. The van der Waals surface area contributed by atoms with Crippen molar-refractivity contribution in [1.29, 1.82) is 0 Å². The third kappa shape index (κ3) is 6.48. The van der Waals surface area contributed by atoms with E-state index in [0.717, 1.165) is 29.8 Å². The van der Waals surface area contributed by atoms with Gasteiger partial charge >= 0.3 is 0 Å². The van der Waals surface area contributed by atoms with Crippen molar-refractivity contribution < 1.29 is 9.53 Å². The zero-order valence-electron chi connectivity index (χ0n) is 19.0. The maximum Gasteiger partial charge on any atom is 0.230 e. The van der Waals surface area contributed by atoms with Gasteiger partial charge in [-0.3, -0.25) is 9.36 Å². The Labute approximate surface area is 199 Å². The fraction of sp³-hybridized carbons (Fsp3) is 0.346. The van der Waals surface area contributed by atoms with E-state index in [9.17, 15) is 4.79 Å². The van der Waals surface area contributed by atoms with Gasteiger partial charge in [0, 0.05) is 12.2 Å². The van der Waals surface area contributed by atoms with Gasteiger partial charge in [-0.2, -0.15) is 0 Å². The van der Waals surface area contributed by atoms with Crippen LogP contribution in [0.25, 0.3) is 5.69 Å². The van der Waals surface area contributed by atoms with Gasteiger partial charge in [-0.15, -0.1) is 10.2 Å². The van der Waals surface area contributed by atoms with Crippen LogP contribution in [0.15, 0.2) is 71.4 Å². The average molecular weight is 463 g/mol. The molecule has 0 saturated carbocycles. The minimum atomic E-state index is 0.0109. The Morgan fingerprint density at radius 1 is 1.09 bits per heavy atom. The molecule has 172 valence electrons. The molecule has 1 aliphatic carbocycles. The van der Waals surface area contributed by atoms with Gasteiger partial charge in [0.05, 0.1) is 5.75 Å². The lowest BCUT2D eigenvalue weighted by Gasteiger charge is -2.13. The van der Waals surface area contributed by atoms with E-state index in [1.54, 1.807) is 0 Å². The fourth-order valence-corrected chi connectivity index (χ4v) is 4.66. The van der Waals surface area contributed by atoms with Crippen LogP contribution in [0.5, 0.6) is 5.75 Å². The van der Waals surface area contributed by atoms with Crippen molar-refractivity contribution in [3.8, 4) is 11.4 Å². The molecule has 6 nitrogen and oxygen atoms in total. The van der Waals surface area contributed by atoms with Crippen molar-refractivity contribution in [2.75, 3.05) is 12.3 Å². The highest BCUT2D eigenvalue weighted by molar-refractivity contribution is 7.99. The van der Waals surface area contributed by atoms with Crippen molar-refractivity contribution in [3.63, 3.8) is 0 Å². The van der Waals surface area contributed by atoms with Crippen LogP contribution in [-0.2, 0) is 11.4 Å². The molecule has 1 heterocycles. The lowest BCUT2D eigenvalue weighted by molar-refractivity contribution is -0.118. The van der Waals surface area contributed by atoms with Gasteiger partial charge in [0.1, 0.15) is 12.4 Å². The Hall–Kier alpha value is -3.06. The summed E-state index contributed by atoms with van der Waals surface area (Å²) in [4.78, 5) is 12.4. The topological polar surface area (TPSA) is 69.0 Å². The van der Waals surface area contributed by atoms with E-state index in [1.807, 2.05) is 66.1 Å². The predicted octanol–water partition coefficient (Wildman–Crippen LogP) is 5.25. The summed E-state index contributed by atoms with van der Waals surface area (Å²) in [6, 6.07) is 17.8. The summed E-state index contributed by atoms with van der Waals surface area (Å²) >= 11 is 1.39. The molecule has 3 aromatic rings. The first-order valence-electron chi connectivity index (χ1n) is 11.5. The van der Waals surface area contributed by atoms with Crippen molar-refractivity contribution in [1.82, 2.24) is 20.1 Å². The molecular weight excluding hydrogens is 432 g/mol. The van der Waals surface area contributed by atoms with Crippen LogP contribution in [0.2, 0.25) is 0 Å². The third-order valence-corrected chi connectivity index (χ3v) is 6.58. The molecule has 33 heavy (non-hydrogen) atoms. The van der Waals surface area contributed by atoms with E-state index in [2.05, 4.69) is 21.6 Å². The summed E-state index contributed by atoms with van der Waals surface area (Å²) in [6.45, 7) is 2.99. The number of benzene rings is 2. The Morgan fingerprint density at radius 3 is 2.70 bits per heavy atom. The summed E-state index contributed by atoms with van der Waals surface area (Å²) in [6.07, 6.45) is 8.15. The number of aryl methyl sites for hydroxylation is 1. The average Bonchev–Trinajstić information content (AvgIpc) is 3.26. The zero-order valence-corrected chi connectivity index (χ0v) is 19.8. The van der Waals surface area contributed by atoms with Crippen LogP contribution in [0.4, 0.5) is 0 Å². The lowest BCUT2D eigenvalue weighted by Crippen LogP contribution is -2.26. The van der Waals surface area contributed by atoms with Crippen LogP contribution in [0.3, 0.4) is 0 Å². The maximum atomic E-state index is 12.4. The van der Waals surface area contributed by atoms with E-state index < -0.39 is 0 Å². The summed E-state index contributed by atoms with van der Waals surface area (Å²) in [5, 5.41) is 12.4. The normalized spacial score (nSPS) is 13.4. The molecule has 0 bridgehead atoms. The first-order chi connectivity index (χ1) is 16.2. The van der Waals surface area contributed by atoms with Gasteiger partial charge in [0.25, 0.3) is 0 Å². The number of nitrogens with zero attached hydrogens (tertiary/aromatic N) is 3. The number of carbonyl (C=O) groups is 1. The molecular formula is C26H30N4O2S. The monoisotopic (exact) mass is 462 g/mol. The number of para-hydroxylation sites is 2. The molecule has 1 N–H and O–H groups in total. The third-order valence-electron chi connectivity index (χ3n) is 5.65. The number of rotatable bonds is 10. The van der Waals surface area contributed by atoms with E-state index in [-0.39, 0.29) is 12.5 Å². The standard InChI is InChI=1S/C26H30N4O2S/c1-20-10-8-9-15-23(20)32-18-24-28-29-26(30(24)22-13-6-3-7-14-22)33-19-25(31)27-17-16-21-11-4-2-5-12-21/h3,6-11,13-15H,2,4-5,12,16-19H2,1H3,(H,27,31). The van der Waals surface area contributed by atoms with Crippen molar-refractivity contribution >= 4 is 17.7 Å². The van der Waals surface area contributed by atoms with Crippen LogP contribution < -0.4 is 10.1 Å². The molecule has 0 spiro atoms. The number of thioether (sulfide) groups is 1. The number of hydrogen-bond donors (Lipinski definition) is 1. The molecule has 0 saturated heterocycles. The van der Waals surface area contributed by atoms with Gasteiger partial charge in [-0.25, -0.2) is 0 Å². The van der Waals surface area contributed by atoms with E-state index in [4.69, 9.17) is 4.74 Å². The first-order valence-corrected chi connectivity index (χ1v) is 12.4. The van der Waals surface area contributed by atoms with Gasteiger partial charge in [-0.05, 0) is 62.8 Å². The second kappa shape index (κ2) is 11.7. The van der Waals surface area contributed by atoms with Crippen LogP contribution >= 0.6 is 11.8 Å². The van der Waals surface area contributed by atoms with Crippen LogP contribution in [-0.4, -0.2) is 33.0 Å². The van der Waals surface area contributed by atoms with Crippen molar-refractivity contribution in [3.05, 3.63) is 77.6 Å². The Balaban J connectivity index is 1.39. The number of ether oxygens (including phenoxy) is 1. The van der Waals surface area contributed by atoms with Gasteiger partial charge in [0.15, 0.2) is 11.0 Å². The molecule has 0 atom stereocenters. The molecule has 2 aromatic carbocycles. The van der Waals surface area contributed by atoms with E-state index in [1.165, 1.54) is 36.6 Å². The summed E-state index contributed by atoms with van der Waals surface area (Å²) < 4.78 is 7.98. The van der Waals surface area contributed by atoms with Crippen molar-refractivity contribution in [2.24, 2.45) is 0 Å². The molecule has 1 amide bonds. The SMILES string of the molecule is Cc1ccccc1OCc1nnc(SCC(=O)NCCC2=CCCCC2)n1-c1ccccc1. The van der Waals surface area contributed by atoms with Gasteiger partial charge in [0.2, 0.25) is 5.91 Å². The zero-order chi connectivity index (χ0) is 22.9. The first kappa shape index (κ1) is 23.1. The number of aromatic nitrogens is 3. The number of amides is 1. The Morgan fingerprint density at radius 2 is 1.91 bits per heavy atom.